The molecule has 1 aliphatic rings. The van der Waals surface area contributed by atoms with Crippen LogP contribution in [0.15, 0.2) is 36.4 Å². The fourth-order valence-corrected chi connectivity index (χ4v) is 3.07. The van der Waals surface area contributed by atoms with Gasteiger partial charge in [0.05, 0.1) is 29.1 Å². The number of imidazole rings is 1. The minimum absolute atomic E-state index is 0.0416. The molecule has 0 bridgehead atoms. The molecule has 0 N–H and O–H groups in total. The van der Waals surface area contributed by atoms with E-state index in [1.807, 2.05) is 35.8 Å². The Hall–Kier alpha value is -2.93. The molecule has 2 heterocycles. The van der Waals surface area contributed by atoms with Crippen LogP contribution in [-0.2, 0) is 17.9 Å². The summed E-state index contributed by atoms with van der Waals surface area (Å²) in [7, 11) is 0. The van der Waals surface area contributed by atoms with Crippen molar-refractivity contribution in [2.75, 3.05) is 6.79 Å². The van der Waals surface area contributed by atoms with Crippen LogP contribution in [0.3, 0.4) is 0 Å². The molecule has 1 aromatic heterocycles. The Morgan fingerprint density at radius 1 is 1.33 bits per heavy atom. The molecule has 122 valence electrons. The molecule has 0 radical (unpaired) electrons. The Morgan fingerprint density at radius 2 is 2.17 bits per heavy atom. The highest BCUT2D eigenvalue weighted by Gasteiger charge is 2.22. The van der Waals surface area contributed by atoms with Gasteiger partial charge in [0.1, 0.15) is 11.6 Å². The first kappa shape index (κ1) is 14.6. The maximum absolute atomic E-state index is 11.2. The van der Waals surface area contributed by atoms with Crippen LogP contribution in [0.4, 0.5) is 5.69 Å². The first-order valence-electron chi connectivity index (χ1n) is 7.56. The summed E-state index contributed by atoms with van der Waals surface area (Å²) in [6.45, 7) is 2.85. The second-order valence-corrected chi connectivity index (χ2v) is 5.69. The van der Waals surface area contributed by atoms with E-state index in [-0.39, 0.29) is 12.5 Å². The average Bonchev–Trinajstić information content (AvgIpc) is 2.90. The highest BCUT2D eigenvalue weighted by Crippen LogP contribution is 2.33. The number of aryl methyl sites for hydroxylation is 1. The lowest BCUT2D eigenvalue weighted by molar-refractivity contribution is -0.385. The first-order valence-corrected chi connectivity index (χ1v) is 7.56. The molecule has 3 aromatic rings. The Labute approximate surface area is 137 Å². The lowest BCUT2D eigenvalue weighted by Gasteiger charge is -2.21. The van der Waals surface area contributed by atoms with Gasteiger partial charge in [-0.2, -0.15) is 0 Å². The van der Waals surface area contributed by atoms with E-state index in [0.717, 1.165) is 22.4 Å². The number of hydrogen-bond donors (Lipinski definition) is 0. The maximum Gasteiger partial charge on any atom is 0.270 e. The smallest absolute Gasteiger partial charge is 0.270 e. The van der Waals surface area contributed by atoms with E-state index in [2.05, 4.69) is 4.98 Å². The number of nitro benzene ring substituents is 1. The lowest BCUT2D eigenvalue weighted by atomic mass is 10.1. The summed E-state index contributed by atoms with van der Waals surface area (Å²) in [5.41, 5.74) is 3.39. The fourth-order valence-electron chi connectivity index (χ4n) is 3.07. The number of para-hydroxylation sites is 2. The van der Waals surface area contributed by atoms with E-state index in [9.17, 15) is 10.1 Å². The van der Waals surface area contributed by atoms with Crippen LogP contribution in [0.1, 0.15) is 17.0 Å². The third-order valence-electron chi connectivity index (χ3n) is 4.16. The van der Waals surface area contributed by atoms with Crippen molar-refractivity contribution in [2.24, 2.45) is 0 Å². The van der Waals surface area contributed by atoms with Gasteiger partial charge in [-0.3, -0.25) is 10.1 Å². The second kappa shape index (κ2) is 5.61. The SMILES string of the molecule is Cc1nc2ccccc2n1Cc1cc([N+](=O)[O-])cc2c1OCOC2. The van der Waals surface area contributed by atoms with Crippen LogP contribution in [-0.4, -0.2) is 21.3 Å². The lowest BCUT2D eigenvalue weighted by Crippen LogP contribution is -2.15. The van der Waals surface area contributed by atoms with E-state index >= 15 is 0 Å². The summed E-state index contributed by atoms with van der Waals surface area (Å²) in [5, 5.41) is 11.2. The van der Waals surface area contributed by atoms with Gasteiger partial charge in [-0.05, 0) is 19.1 Å². The zero-order valence-corrected chi connectivity index (χ0v) is 13.1. The van der Waals surface area contributed by atoms with E-state index in [4.69, 9.17) is 9.47 Å². The molecule has 2 aromatic carbocycles. The Bertz CT molecular complexity index is 948. The molecule has 0 aliphatic carbocycles. The summed E-state index contributed by atoms with van der Waals surface area (Å²) in [6.07, 6.45) is 0. The average molecular weight is 325 g/mol. The van der Waals surface area contributed by atoms with Gasteiger partial charge in [-0.15, -0.1) is 0 Å². The van der Waals surface area contributed by atoms with E-state index in [1.165, 1.54) is 6.07 Å². The van der Waals surface area contributed by atoms with Gasteiger partial charge >= 0.3 is 0 Å². The van der Waals surface area contributed by atoms with Crippen molar-refractivity contribution < 1.29 is 14.4 Å². The van der Waals surface area contributed by atoms with Crippen molar-refractivity contribution in [1.82, 2.24) is 9.55 Å². The van der Waals surface area contributed by atoms with Crippen molar-refractivity contribution in [3.05, 3.63) is 63.5 Å². The number of rotatable bonds is 3. The number of nitro groups is 1. The quantitative estimate of drug-likeness (QED) is 0.546. The van der Waals surface area contributed by atoms with Crippen molar-refractivity contribution in [3.8, 4) is 5.75 Å². The molecular formula is C17H15N3O4. The van der Waals surface area contributed by atoms with Crippen LogP contribution in [0.2, 0.25) is 0 Å². The number of benzene rings is 2. The molecule has 7 nitrogen and oxygen atoms in total. The van der Waals surface area contributed by atoms with Gasteiger partial charge in [0.15, 0.2) is 6.79 Å². The Kier molecular flexibility index (Phi) is 3.42. The molecule has 1 aliphatic heterocycles. The molecule has 0 fully saturated rings. The van der Waals surface area contributed by atoms with Crippen LogP contribution >= 0.6 is 0 Å². The zero-order valence-electron chi connectivity index (χ0n) is 13.1. The summed E-state index contributed by atoms with van der Waals surface area (Å²) in [4.78, 5) is 15.4. The maximum atomic E-state index is 11.2. The van der Waals surface area contributed by atoms with Crippen LogP contribution in [0.5, 0.6) is 5.75 Å². The van der Waals surface area contributed by atoms with Gasteiger partial charge < -0.3 is 14.0 Å². The molecule has 0 saturated heterocycles. The van der Waals surface area contributed by atoms with Crippen molar-refractivity contribution in [3.63, 3.8) is 0 Å². The Morgan fingerprint density at radius 3 is 3.00 bits per heavy atom. The summed E-state index contributed by atoms with van der Waals surface area (Å²) in [5.74, 6) is 1.52. The molecule has 0 saturated carbocycles. The topological polar surface area (TPSA) is 79.4 Å². The first-order chi connectivity index (χ1) is 11.6. The number of fused-ring (bicyclic) bond motifs is 2. The number of non-ortho nitro benzene ring substituents is 1. The van der Waals surface area contributed by atoms with Crippen molar-refractivity contribution >= 4 is 16.7 Å². The second-order valence-electron chi connectivity index (χ2n) is 5.69. The molecule has 0 spiro atoms. The highest BCUT2D eigenvalue weighted by molar-refractivity contribution is 5.76. The van der Waals surface area contributed by atoms with Gasteiger partial charge in [0.2, 0.25) is 0 Å². The van der Waals surface area contributed by atoms with E-state index in [1.54, 1.807) is 6.07 Å². The minimum Gasteiger partial charge on any atom is -0.467 e. The zero-order chi connectivity index (χ0) is 16.7. The number of nitrogens with zero attached hydrogens (tertiary/aromatic N) is 3. The van der Waals surface area contributed by atoms with Gasteiger partial charge in [0.25, 0.3) is 5.69 Å². The predicted molar refractivity (Wildman–Crippen MR) is 87.0 cm³/mol. The monoisotopic (exact) mass is 325 g/mol. The Balaban J connectivity index is 1.85. The third kappa shape index (κ3) is 2.39. The highest BCUT2D eigenvalue weighted by atomic mass is 16.7. The third-order valence-corrected chi connectivity index (χ3v) is 4.16. The molecule has 4 rings (SSSR count). The number of ether oxygens (including phenoxy) is 2. The van der Waals surface area contributed by atoms with Crippen LogP contribution in [0.25, 0.3) is 11.0 Å². The van der Waals surface area contributed by atoms with Crippen LogP contribution < -0.4 is 4.74 Å². The number of aromatic nitrogens is 2. The van der Waals surface area contributed by atoms with Gasteiger partial charge in [-0.1, -0.05) is 12.1 Å². The van der Waals surface area contributed by atoms with Gasteiger partial charge in [0, 0.05) is 23.3 Å². The van der Waals surface area contributed by atoms with E-state index in [0.29, 0.717) is 24.5 Å². The molecular weight excluding hydrogens is 310 g/mol. The molecule has 0 atom stereocenters. The van der Waals surface area contributed by atoms with Crippen LogP contribution in [0, 0.1) is 17.0 Å². The van der Waals surface area contributed by atoms with Crippen molar-refractivity contribution in [1.29, 1.82) is 0 Å². The largest absolute Gasteiger partial charge is 0.467 e. The minimum atomic E-state index is -0.392. The fraction of sp³-hybridized carbons (Fsp3) is 0.235. The van der Waals surface area contributed by atoms with Gasteiger partial charge in [-0.25, -0.2) is 4.98 Å². The summed E-state index contributed by atoms with van der Waals surface area (Å²) >= 11 is 0. The molecule has 24 heavy (non-hydrogen) atoms. The summed E-state index contributed by atoms with van der Waals surface area (Å²) < 4.78 is 12.9. The van der Waals surface area contributed by atoms with E-state index < -0.39 is 4.92 Å². The molecule has 7 heteroatoms. The van der Waals surface area contributed by atoms with Crippen molar-refractivity contribution in [2.45, 2.75) is 20.1 Å². The summed E-state index contributed by atoms with van der Waals surface area (Å²) in [6, 6.07) is 10.9. The molecule has 0 unspecified atom stereocenters. The standard InChI is InChI=1S/C17H15N3O4/c1-11-18-15-4-2-3-5-16(15)19(11)8-12-6-14(20(21)22)7-13-9-23-10-24-17(12)13/h2-7H,8-10H2,1H3. The molecule has 0 amide bonds. The predicted octanol–water partition coefficient (Wildman–Crippen LogP) is 3.17. The number of hydrogen-bond acceptors (Lipinski definition) is 5. The normalized spacial score (nSPS) is 13.5.